The first-order chi connectivity index (χ1) is 26.6. The van der Waals surface area contributed by atoms with Crippen molar-refractivity contribution in [2.45, 2.75) is 0 Å². The van der Waals surface area contributed by atoms with Gasteiger partial charge in [-0.05, 0) is 119 Å². The molecule has 1 radical (unpaired) electrons. The van der Waals surface area contributed by atoms with E-state index in [1.807, 2.05) is 128 Å². The summed E-state index contributed by atoms with van der Waals surface area (Å²) >= 11 is 0. The zero-order valence-corrected chi connectivity index (χ0v) is 30.2. The molecule has 0 unspecified atom stereocenters. The summed E-state index contributed by atoms with van der Waals surface area (Å²) in [6, 6.07) is 45.4. The van der Waals surface area contributed by atoms with Crippen LogP contribution in [0.2, 0.25) is 0 Å². The number of carbonyl (C=O) groups excluding carboxylic acids is 2. The predicted molar refractivity (Wildman–Crippen MR) is 208 cm³/mol. The molecular formula is C44H32CoN6O4. The average molecular weight is 768 g/mol. The summed E-state index contributed by atoms with van der Waals surface area (Å²) in [5.41, 5.74) is 10.2. The molecule has 0 aliphatic carbocycles. The van der Waals surface area contributed by atoms with E-state index in [9.17, 15) is 9.90 Å². The zero-order chi connectivity index (χ0) is 37.5. The molecule has 11 heteroatoms. The minimum Gasteiger partial charge on any atom is -0.508 e. The first-order valence-corrected chi connectivity index (χ1v) is 16.6. The van der Waals surface area contributed by atoms with E-state index in [0.29, 0.717) is 12.2 Å². The fraction of sp³-hybridized carbons (Fsp3) is 0. The van der Waals surface area contributed by atoms with Gasteiger partial charge in [-0.15, -0.1) is 0 Å². The van der Waals surface area contributed by atoms with Crippen LogP contribution in [0.1, 0.15) is 0 Å². The Morgan fingerprint density at radius 2 is 0.764 bits per heavy atom. The number of pyridine rings is 6. The van der Waals surface area contributed by atoms with Crippen molar-refractivity contribution in [3.63, 3.8) is 0 Å². The summed E-state index contributed by atoms with van der Waals surface area (Å²) in [6.07, 6.45) is 7.00. The van der Waals surface area contributed by atoms with Crippen molar-refractivity contribution in [2.75, 3.05) is 0 Å². The number of carbonyl (C=O) groups is 2. The fourth-order valence-corrected chi connectivity index (χ4v) is 5.41. The number of hydrogen-bond donors (Lipinski definition) is 1. The topological polar surface area (TPSA) is 141 Å². The van der Waals surface area contributed by atoms with Crippen molar-refractivity contribution in [1.29, 1.82) is 0 Å². The predicted octanol–water partition coefficient (Wildman–Crippen LogP) is 8.80. The first-order valence-electron chi connectivity index (χ1n) is 16.6. The Morgan fingerprint density at radius 1 is 0.436 bits per heavy atom. The minimum atomic E-state index is 0. The van der Waals surface area contributed by atoms with Gasteiger partial charge in [-0.1, -0.05) is 48.5 Å². The van der Waals surface area contributed by atoms with Gasteiger partial charge < -0.3 is 14.6 Å². The largest absolute Gasteiger partial charge is 0.508 e. The van der Waals surface area contributed by atoms with Gasteiger partial charge in [0, 0.05) is 41.6 Å². The molecule has 0 spiro atoms. The van der Waals surface area contributed by atoms with Gasteiger partial charge in [-0.2, -0.15) is 0 Å². The number of nitrogens with zero attached hydrogens (tertiary/aromatic N) is 6. The Balaban J connectivity index is 0.000000199. The van der Waals surface area contributed by atoms with E-state index in [4.69, 9.17) is 19.5 Å². The summed E-state index contributed by atoms with van der Waals surface area (Å²) < 4.78 is 4.87. The Hall–Kier alpha value is -7.21. The maximum absolute atomic E-state index is 10.5. The van der Waals surface area contributed by atoms with Crippen LogP contribution in [0.4, 0.5) is 0 Å². The van der Waals surface area contributed by atoms with Gasteiger partial charge >= 0.3 is 0 Å². The maximum Gasteiger partial charge on any atom is 0.298 e. The molecule has 1 N–H and O–H groups in total. The molecule has 0 aliphatic rings. The van der Waals surface area contributed by atoms with Gasteiger partial charge in [0.05, 0.1) is 45.6 Å². The number of rotatable bonds is 8. The van der Waals surface area contributed by atoms with Crippen molar-refractivity contribution in [3.8, 4) is 79.3 Å². The number of benzene rings is 2. The van der Waals surface area contributed by atoms with Crippen LogP contribution in [-0.4, -0.2) is 48.3 Å². The van der Waals surface area contributed by atoms with Crippen LogP contribution in [-0.2, 0) is 26.4 Å². The van der Waals surface area contributed by atoms with Gasteiger partial charge in [0.1, 0.15) is 18.3 Å². The van der Waals surface area contributed by atoms with Crippen LogP contribution in [0.25, 0.3) is 67.8 Å². The molecule has 2 aromatic carbocycles. The molecule has 0 atom stereocenters. The molecular weight excluding hydrogens is 735 g/mol. The molecule has 0 saturated heterocycles. The second kappa shape index (κ2) is 19.6. The van der Waals surface area contributed by atoms with E-state index in [-0.39, 0.29) is 22.5 Å². The summed E-state index contributed by atoms with van der Waals surface area (Å²) in [5, 5.41) is 9.54. The number of aromatic hydroxyl groups is 1. The fourth-order valence-electron chi connectivity index (χ4n) is 5.41. The molecule has 6 heterocycles. The summed E-state index contributed by atoms with van der Waals surface area (Å²) in [5.74, 6) is 0.741. The van der Waals surface area contributed by atoms with Gasteiger partial charge in [0.15, 0.2) is 0 Å². The average Bonchev–Trinajstić information content (AvgIpc) is 3.26. The second-order valence-corrected chi connectivity index (χ2v) is 11.4. The van der Waals surface area contributed by atoms with Crippen LogP contribution in [0.3, 0.4) is 0 Å². The molecule has 0 aliphatic heterocycles. The number of hydrogen-bond acceptors (Lipinski definition) is 10. The quantitative estimate of drug-likeness (QED) is 0.149. The van der Waals surface area contributed by atoms with Crippen molar-refractivity contribution < 1.29 is 36.2 Å². The van der Waals surface area contributed by atoms with Crippen molar-refractivity contribution in [1.82, 2.24) is 29.9 Å². The molecule has 8 rings (SSSR count). The summed E-state index contributed by atoms with van der Waals surface area (Å²) in [6.45, 7) is 2.42. The SMILES string of the molecule is C=O.O=COc1ccc(-c2cc(-c3ccccn3)nc(-c3ccccn3)c2)cc1.Oc1ccc(-c2cc(-c3ccccn3)nc(-c3ccccn3)c2)cc1.[Co]. The minimum absolute atomic E-state index is 0. The van der Waals surface area contributed by atoms with E-state index in [1.54, 1.807) is 49.1 Å². The molecule has 6 aromatic heterocycles. The normalized spacial score (nSPS) is 9.96. The number of phenolic OH excluding ortho intramolecular Hbond substituents is 1. The van der Waals surface area contributed by atoms with Gasteiger partial charge in [0.2, 0.25) is 0 Å². The number of aromatic nitrogens is 6. The van der Waals surface area contributed by atoms with Crippen LogP contribution in [0.5, 0.6) is 11.5 Å². The van der Waals surface area contributed by atoms with Crippen LogP contribution in [0, 0.1) is 0 Å². The van der Waals surface area contributed by atoms with Crippen LogP contribution < -0.4 is 4.74 Å². The summed E-state index contributed by atoms with van der Waals surface area (Å²) in [4.78, 5) is 45.6. The molecule has 0 amide bonds. The molecule has 0 fully saturated rings. The smallest absolute Gasteiger partial charge is 0.298 e. The van der Waals surface area contributed by atoms with E-state index >= 15 is 0 Å². The van der Waals surface area contributed by atoms with Crippen molar-refractivity contribution in [3.05, 3.63) is 170 Å². The molecule has 10 nitrogen and oxygen atoms in total. The number of ether oxygens (including phenoxy) is 1. The summed E-state index contributed by atoms with van der Waals surface area (Å²) in [7, 11) is 0. The van der Waals surface area contributed by atoms with Gasteiger partial charge in [-0.3, -0.25) is 24.7 Å². The molecule has 0 saturated carbocycles. The van der Waals surface area contributed by atoms with Gasteiger partial charge in [-0.25, -0.2) is 9.97 Å². The molecule has 271 valence electrons. The Morgan fingerprint density at radius 3 is 1.05 bits per heavy atom. The first kappa shape index (κ1) is 39.0. The van der Waals surface area contributed by atoms with Gasteiger partial charge in [0.25, 0.3) is 6.47 Å². The zero-order valence-electron chi connectivity index (χ0n) is 29.1. The Bertz CT molecular complexity index is 2290. The Labute approximate surface area is 327 Å². The third kappa shape index (κ3) is 10.2. The van der Waals surface area contributed by atoms with Crippen molar-refractivity contribution in [2.24, 2.45) is 0 Å². The third-order valence-corrected chi connectivity index (χ3v) is 7.93. The van der Waals surface area contributed by atoms with Crippen LogP contribution in [0.15, 0.2) is 170 Å². The second-order valence-electron chi connectivity index (χ2n) is 11.4. The van der Waals surface area contributed by atoms with E-state index in [1.165, 1.54) is 0 Å². The third-order valence-electron chi connectivity index (χ3n) is 7.93. The van der Waals surface area contributed by atoms with E-state index < -0.39 is 0 Å². The molecule has 55 heavy (non-hydrogen) atoms. The van der Waals surface area contributed by atoms with Crippen molar-refractivity contribution >= 4 is 13.3 Å². The monoisotopic (exact) mass is 767 g/mol. The number of phenols is 1. The standard InChI is InChI=1S/C22H15N3O2.C21H15N3O.CH2O.Co/c26-15-27-18-9-7-16(8-10-18)17-13-21(19-5-1-3-11-23-19)25-22(14-17)20-6-2-4-12-24-20;25-17-9-7-15(8-10-17)16-13-20(18-5-1-3-11-22-18)24-21(14-16)19-6-2-4-12-23-19;1-2;/h1-15H;1-14,25H;1H2;. The molecule has 0 bridgehead atoms. The maximum atomic E-state index is 10.5. The van der Waals surface area contributed by atoms with E-state index in [2.05, 4.69) is 19.9 Å². The van der Waals surface area contributed by atoms with Crippen LogP contribution >= 0.6 is 0 Å². The van der Waals surface area contributed by atoms with E-state index in [0.717, 1.165) is 67.8 Å². The Kier molecular flexibility index (Phi) is 13.9. The molecule has 8 aromatic rings.